The van der Waals surface area contributed by atoms with Gasteiger partial charge in [0, 0.05) is 12.6 Å². The average molecular weight is 360 g/mol. The molecule has 0 bridgehead atoms. The standard InChI is InChI=1S/C23H37NO2/c1-17(26-2)5-3-4-6-18-7-8-20-14-21(10-9-19(20)13-18)22-11-12-23(24,15-22)16-25/h9-10,14,17-18,22,25H,3-8,11-13,15-16,24H2,1-2H3/t17?,18-,22-,23+/m0/s1. The first-order chi connectivity index (χ1) is 12.5. The first-order valence-corrected chi connectivity index (χ1v) is 10.6. The van der Waals surface area contributed by atoms with Crippen LogP contribution in [0.3, 0.4) is 0 Å². The van der Waals surface area contributed by atoms with Gasteiger partial charge < -0.3 is 15.6 Å². The molecular formula is C23H37NO2. The minimum Gasteiger partial charge on any atom is -0.394 e. The maximum Gasteiger partial charge on any atom is 0.0611 e. The first-order valence-electron chi connectivity index (χ1n) is 10.6. The predicted octanol–water partition coefficient (Wildman–Crippen LogP) is 4.34. The summed E-state index contributed by atoms with van der Waals surface area (Å²) in [6.07, 6.45) is 12.3. The Morgan fingerprint density at radius 2 is 2.12 bits per heavy atom. The molecule has 0 aromatic heterocycles. The van der Waals surface area contributed by atoms with Crippen molar-refractivity contribution in [3.05, 3.63) is 34.9 Å². The molecule has 4 atom stereocenters. The van der Waals surface area contributed by atoms with Gasteiger partial charge >= 0.3 is 0 Å². The Kier molecular flexibility index (Phi) is 6.76. The Morgan fingerprint density at radius 1 is 1.27 bits per heavy atom. The summed E-state index contributed by atoms with van der Waals surface area (Å²) < 4.78 is 5.34. The fourth-order valence-corrected chi connectivity index (χ4v) is 4.92. The van der Waals surface area contributed by atoms with Crippen molar-refractivity contribution >= 4 is 0 Å². The summed E-state index contributed by atoms with van der Waals surface area (Å²) >= 11 is 0. The molecule has 3 heteroatoms. The average Bonchev–Trinajstić information content (AvgIpc) is 3.07. The Morgan fingerprint density at radius 3 is 2.85 bits per heavy atom. The molecule has 1 fully saturated rings. The van der Waals surface area contributed by atoms with E-state index in [2.05, 4.69) is 25.1 Å². The van der Waals surface area contributed by atoms with Crippen LogP contribution in [0.1, 0.15) is 80.9 Å². The van der Waals surface area contributed by atoms with Crippen molar-refractivity contribution in [1.82, 2.24) is 0 Å². The maximum atomic E-state index is 9.51. The number of rotatable bonds is 8. The molecule has 2 aliphatic carbocycles. The van der Waals surface area contributed by atoms with Crippen LogP contribution in [0.15, 0.2) is 18.2 Å². The monoisotopic (exact) mass is 359 g/mol. The molecule has 0 aliphatic heterocycles. The van der Waals surface area contributed by atoms with Crippen molar-refractivity contribution in [3.63, 3.8) is 0 Å². The summed E-state index contributed by atoms with van der Waals surface area (Å²) in [4.78, 5) is 0. The Hall–Kier alpha value is -0.900. The van der Waals surface area contributed by atoms with Crippen molar-refractivity contribution < 1.29 is 9.84 Å². The van der Waals surface area contributed by atoms with E-state index >= 15 is 0 Å². The highest BCUT2D eigenvalue weighted by molar-refractivity contribution is 5.36. The summed E-state index contributed by atoms with van der Waals surface area (Å²) in [6, 6.07) is 7.15. The highest BCUT2D eigenvalue weighted by Gasteiger charge is 2.36. The fourth-order valence-electron chi connectivity index (χ4n) is 4.92. The molecule has 3 nitrogen and oxygen atoms in total. The van der Waals surface area contributed by atoms with E-state index in [1.165, 1.54) is 50.5 Å². The zero-order valence-corrected chi connectivity index (χ0v) is 16.7. The summed E-state index contributed by atoms with van der Waals surface area (Å²) in [5, 5.41) is 9.51. The highest BCUT2D eigenvalue weighted by atomic mass is 16.5. The maximum absolute atomic E-state index is 9.51. The minimum atomic E-state index is -0.355. The second kappa shape index (κ2) is 8.86. The second-order valence-electron chi connectivity index (χ2n) is 8.93. The number of benzene rings is 1. The minimum absolute atomic E-state index is 0.110. The van der Waals surface area contributed by atoms with E-state index in [0.717, 1.165) is 25.2 Å². The Balaban J connectivity index is 1.51. The molecule has 2 aliphatic rings. The van der Waals surface area contributed by atoms with Gasteiger partial charge in [0.2, 0.25) is 0 Å². The largest absolute Gasteiger partial charge is 0.394 e. The Bertz CT molecular complexity index is 588. The number of methoxy groups -OCH3 is 1. The van der Waals surface area contributed by atoms with Gasteiger partial charge in [-0.2, -0.15) is 0 Å². The van der Waals surface area contributed by atoms with Crippen LogP contribution < -0.4 is 5.73 Å². The normalized spacial score (nSPS) is 29.5. The zero-order valence-electron chi connectivity index (χ0n) is 16.7. The van der Waals surface area contributed by atoms with Gasteiger partial charge in [-0.15, -0.1) is 0 Å². The summed E-state index contributed by atoms with van der Waals surface area (Å²) in [7, 11) is 1.81. The topological polar surface area (TPSA) is 55.5 Å². The lowest BCUT2D eigenvalue weighted by molar-refractivity contribution is 0.108. The van der Waals surface area contributed by atoms with Gasteiger partial charge in [0.25, 0.3) is 0 Å². The van der Waals surface area contributed by atoms with Gasteiger partial charge in [-0.25, -0.2) is 0 Å². The van der Waals surface area contributed by atoms with Crippen LogP contribution in [0.5, 0.6) is 0 Å². The van der Waals surface area contributed by atoms with Crippen LogP contribution in [-0.2, 0) is 17.6 Å². The van der Waals surface area contributed by atoms with Crippen molar-refractivity contribution in [2.45, 2.75) is 88.7 Å². The second-order valence-corrected chi connectivity index (χ2v) is 8.93. The lowest BCUT2D eigenvalue weighted by atomic mass is 9.79. The lowest BCUT2D eigenvalue weighted by Crippen LogP contribution is -2.40. The summed E-state index contributed by atoms with van der Waals surface area (Å²) in [6.45, 7) is 2.27. The molecule has 0 spiro atoms. The smallest absolute Gasteiger partial charge is 0.0611 e. The molecule has 1 aromatic carbocycles. The number of aryl methyl sites for hydroxylation is 1. The number of unbranched alkanes of at least 4 members (excludes halogenated alkanes) is 1. The van der Waals surface area contributed by atoms with Gasteiger partial charge in [0.15, 0.2) is 0 Å². The number of aliphatic hydroxyl groups is 1. The van der Waals surface area contributed by atoms with Crippen LogP contribution in [0.2, 0.25) is 0 Å². The number of ether oxygens (including phenoxy) is 1. The fraction of sp³-hybridized carbons (Fsp3) is 0.739. The molecule has 0 saturated heterocycles. The third-order valence-corrected chi connectivity index (χ3v) is 6.87. The van der Waals surface area contributed by atoms with E-state index in [4.69, 9.17) is 10.5 Å². The predicted molar refractivity (Wildman–Crippen MR) is 107 cm³/mol. The van der Waals surface area contributed by atoms with E-state index in [-0.39, 0.29) is 12.1 Å². The number of hydrogen-bond donors (Lipinski definition) is 2. The van der Waals surface area contributed by atoms with E-state index in [9.17, 15) is 5.11 Å². The van der Waals surface area contributed by atoms with E-state index in [0.29, 0.717) is 12.0 Å². The number of hydrogen-bond acceptors (Lipinski definition) is 3. The van der Waals surface area contributed by atoms with Crippen molar-refractivity contribution in [1.29, 1.82) is 0 Å². The van der Waals surface area contributed by atoms with Crippen LogP contribution in [0.4, 0.5) is 0 Å². The molecule has 3 N–H and O–H groups in total. The molecule has 1 saturated carbocycles. The van der Waals surface area contributed by atoms with Gasteiger partial charge in [0.05, 0.1) is 12.7 Å². The quantitative estimate of drug-likeness (QED) is 0.679. The molecule has 1 aromatic rings. The number of aliphatic hydroxyl groups excluding tert-OH is 1. The van der Waals surface area contributed by atoms with Crippen LogP contribution >= 0.6 is 0 Å². The van der Waals surface area contributed by atoms with Crippen LogP contribution in [0.25, 0.3) is 0 Å². The van der Waals surface area contributed by atoms with Crippen molar-refractivity contribution in [2.75, 3.05) is 13.7 Å². The van der Waals surface area contributed by atoms with Gasteiger partial charge in [0.1, 0.15) is 0 Å². The summed E-state index contributed by atoms with van der Waals surface area (Å²) in [5.74, 6) is 1.38. The first kappa shape index (κ1) is 19.9. The third-order valence-electron chi connectivity index (χ3n) is 6.87. The molecular weight excluding hydrogens is 322 g/mol. The molecule has 3 rings (SSSR count). The van der Waals surface area contributed by atoms with Crippen LogP contribution in [-0.4, -0.2) is 30.5 Å². The number of fused-ring (bicyclic) bond motifs is 1. The van der Waals surface area contributed by atoms with E-state index in [1.54, 1.807) is 18.2 Å². The molecule has 146 valence electrons. The lowest BCUT2D eigenvalue weighted by Gasteiger charge is -2.26. The van der Waals surface area contributed by atoms with Crippen LogP contribution in [0, 0.1) is 5.92 Å². The SMILES string of the molecule is COC(C)CCCC[C@H]1CCc2cc([C@H]3CC[C@](N)(CO)C3)ccc2C1. The molecule has 1 unspecified atom stereocenters. The molecule has 0 heterocycles. The number of nitrogens with two attached hydrogens (primary N) is 1. The Labute approximate surface area is 159 Å². The highest BCUT2D eigenvalue weighted by Crippen LogP contribution is 2.40. The summed E-state index contributed by atoms with van der Waals surface area (Å²) in [5.41, 5.74) is 10.5. The van der Waals surface area contributed by atoms with E-state index in [1.807, 2.05) is 0 Å². The van der Waals surface area contributed by atoms with E-state index < -0.39 is 0 Å². The van der Waals surface area contributed by atoms with Gasteiger partial charge in [-0.3, -0.25) is 0 Å². The molecule has 26 heavy (non-hydrogen) atoms. The van der Waals surface area contributed by atoms with Gasteiger partial charge in [-0.05, 0) is 80.4 Å². The van der Waals surface area contributed by atoms with Crippen molar-refractivity contribution in [2.24, 2.45) is 11.7 Å². The van der Waals surface area contributed by atoms with Gasteiger partial charge in [-0.1, -0.05) is 37.5 Å². The molecule has 0 radical (unpaired) electrons. The zero-order chi connectivity index (χ0) is 18.6. The molecule has 0 amide bonds. The van der Waals surface area contributed by atoms with Crippen molar-refractivity contribution in [3.8, 4) is 0 Å². The third kappa shape index (κ3) is 4.88.